The van der Waals surface area contributed by atoms with Gasteiger partial charge >= 0.3 is 0 Å². The summed E-state index contributed by atoms with van der Waals surface area (Å²) >= 11 is 0. The molecule has 4 atom stereocenters. The molecule has 27 heavy (non-hydrogen) atoms. The average Bonchev–Trinajstić information content (AvgIpc) is 2.92. The summed E-state index contributed by atoms with van der Waals surface area (Å²) in [6.07, 6.45) is 18.6. The van der Waals surface area contributed by atoms with Crippen LogP contribution >= 0.6 is 0 Å². The molecule has 3 aliphatic rings. The topological polar surface area (TPSA) is 45.1 Å². The first-order chi connectivity index (χ1) is 12.9. The lowest BCUT2D eigenvalue weighted by Crippen LogP contribution is -2.50. The number of nitrogens with zero attached hydrogens (tertiary/aromatic N) is 2. The van der Waals surface area contributed by atoms with Gasteiger partial charge in [0.1, 0.15) is 6.61 Å². The third kappa shape index (κ3) is 4.76. The lowest BCUT2D eigenvalue weighted by atomic mass is 9.57. The maximum Gasteiger partial charge on any atom is 0.129 e. The summed E-state index contributed by atoms with van der Waals surface area (Å²) in [5.41, 5.74) is -0.448. The van der Waals surface area contributed by atoms with Gasteiger partial charge < -0.3 is 14.8 Å². The first-order valence-corrected chi connectivity index (χ1v) is 11.1. The van der Waals surface area contributed by atoms with Gasteiger partial charge in [-0.05, 0) is 70.0 Å². The van der Waals surface area contributed by atoms with E-state index >= 15 is 0 Å². The van der Waals surface area contributed by atoms with E-state index in [1.54, 1.807) is 6.21 Å². The smallest absolute Gasteiger partial charge is 0.129 e. The van der Waals surface area contributed by atoms with Gasteiger partial charge in [0.15, 0.2) is 0 Å². The molecule has 0 heterocycles. The van der Waals surface area contributed by atoms with E-state index < -0.39 is 5.60 Å². The van der Waals surface area contributed by atoms with Crippen LogP contribution in [0.5, 0.6) is 0 Å². The number of hydrogen-bond acceptors (Lipinski definition) is 4. The number of oxime groups is 1. The highest BCUT2D eigenvalue weighted by Gasteiger charge is 2.58. The van der Waals surface area contributed by atoms with E-state index in [2.05, 4.69) is 23.1 Å². The zero-order valence-electron chi connectivity index (χ0n) is 17.7. The van der Waals surface area contributed by atoms with Crippen molar-refractivity contribution >= 4 is 6.21 Å². The van der Waals surface area contributed by atoms with E-state index in [0.29, 0.717) is 12.5 Å². The normalized spacial score (nSPS) is 38.1. The van der Waals surface area contributed by atoms with Crippen LogP contribution in [-0.4, -0.2) is 49.1 Å². The average molecular weight is 377 g/mol. The van der Waals surface area contributed by atoms with E-state index in [4.69, 9.17) is 4.84 Å². The van der Waals surface area contributed by atoms with Crippen LogP contribution in [0.2, 0.25) is 0 Å². The van der Waals surface area contributed by atoms with Crippen LogP contribution in [0.3, 0.4) is 0 Å². The largest absolute Gasteiger partial charge is 0.394 e. The van der Waals surface area contributed by atoms with E-state index in [-0.39, 0.29) is 5.41 Å². The van der Waals surface area contributed by atoms with E-state index in [1.807, 2.05) is 20.2 Å². The fraction of sp³-hybridized carbons (Fsp3) is 0.870. The molecule has 0 aliphatic heterocycles. The molecule has 0 spiro atoms. The van der Waals surface area contributed by atoms with Gasteiger partial charge in [-0.1, -0.05) is 50.3 Å². The minimum Gasteiger partial charge on any atom is -0.394 e. The Balaban J connectivity index is 1.53. The molecule has 3 fully saturated rings. The quantitative estimate of drug-likeness (QED) is 0.400. The predicted molar refractivity (Wildman–Crippen MR) is 112 cm³/mol. The first kappa shape index (κ1) is 20.9. The molecule has 3 saturated carbocycles. The van der Waals surface area contributed by atoms with Crippen LogP contribution in [-0.2, 0) is 4.84 Å². The Morgan fingerprint density at radius 2 is 1.85 bits per heavy atom. The molecule has 4 heteroatoms. The van der Waals surface area contributed by atoms with Gasteiger partial charge in [-0.25, -0.2) is 0 Å². The second-order valence-electron chi connectivity index (χ2n) is 9.77. The van der Waals surface area contributed by atoms with Crippen LogP contribution < -0.4 is 0 Å². The van der Waals surface area contributed by atoms with Crippen molar-refractivity contribution in [3.8, 4) is 0 Å². The van der Waals surface area contributed by atoms with Crippen LogP contribution in [0.4, 0.5) is 0 Å². The standard InChI is InChI=1S/C23H40N2O2/c1-22-13-11-20(19-8-5-4-6-9-19)18-23(22,26)14-12-21(22)10-7-15-24-27-17-16-25(2)3/h7,10,15,19-21,26H,4-6,8-9,11-14,16-18H2,1-3H3/t20-,21-,22+,23-/m0/s1. The number of fused-ring (bicyclic) bond motifs is 1. The van der Waals surface area contributed by atoms with Gasteiger partial charge in [0.2, 0.25) is 0 Å². The van der Waals surface area contributed by atoms with Crippen molar-refractivity contribution in [1.29, 1.82) is 0 Å². The summed E-state index contributed by atoms with van der Waals surface area (Å²) in [5, 5.41) is 15.6. The van der Waals surface area contributed by atoms with Crippen molar-refractivity contribution in [3.05, 3.63) is 12.2 Å². The van der Waals surface area contributed by atoms with E-state index in [0.717, 1.165) is 44.1 Å². The zero-order chi connectivity index (χ0) is 19.3. The molecule has 0 saturated heterocycles. The van der Waals surface area contributed by atoms with Crippen molar-refractivity contribution in [2.24, 2.45) is 28.3 Å². The highest BCUT2D eigenvalue weighted by atomic mass is 16.6. The van der Waals surface area contributed by atoms with Gasteiger partial charge in [-0.2, -0.15) is 0 Å². The Hall–Kier alpha value is -0.870. The molecule has 0 aromatic carbocycles. The highest BCUT2D eigenvalue weighted by molar-refractivity contribution is 5.70. The second-order valence-corrected chi connectivity index (χ2v) is 9.77. The third-order valence-electron chi connectivity index (χ3n) is 7.90. The van der Waals surface area contributed by atoms with Crippen LogP contribution in [0, 0.1) is 23.2 Å². The molecule has 1 N–H and O–H groups in total. The monoisotopic (exact) mass is 376 g/mol. The van der Waals surface area contributed by atoms with E-state index in [9.17, 15) is 5.11 Å². The van der Waals surface area contributed by atoms with Crippen molar-refractivity contribution in [3.63, 3.8) is 0 Å². The second kappa shape index (κ2) is 9.09. The Bertz CT molecular complexity index is 526. The Morgan fingerprint density at radius 3 is 2.59 bits per heavy atom. The van der Waals surface area contributed by atoms with Crippen molar-refractivity contribution < 1.29 is 9.94 Å². The van der Waals surface area contributed by atoms with Gasteiger partial charge in [-0.3, -0.25) is 0 Å². The number of hydrogen-bond donors (Lipinski definition) is 1. The SMILES string of the molecule is CN(C)CCON=CC=C[C@H]1CC[C@]2(O)C[C@@H](C3CCCCC3)CC[C@]12C. The lowest BCUT2D eigenvalue weighted by molar-refractivity contribution is -0.117. The summed E-state index contributed by atoms with van der Waals surface area (Å²) in [7, 11) is 4.05. The molecule has 0 unspecified atom stereocenters. The highest BCUT2D eigenvalue weighted by Crippen LogP contribution is 2.61. The first-order valence-electron chi connectivity index (χ1n) is 11.1. The summed E-state index contributed by atoms with van der Waals surface area (Å²) < 4.78 is 0. The van der Waals surface area contributed by atoms with Gasteiger partial charge in [0.25, 0.3) is 0 Å². The molecule has 154 valence electrons. The fourth-order valence-corrected chi connectivity index (χ4v) is 5.97. The van der Waals surface area contributed by atoms with Crippen LogP contribution in [0.25, 0.3) is 0 Å². The molecule has 4 nitrogen and oxygen atoms in total. The molecular formula is C23H40N2O2. The maximum atomic E-state index is 11.6. The Morgan fingerprint density at radius 1 is 1.07 bits per heavy atom. The van der Waals surface area contributed by atoms with E-state index in [1.165, 1.54) is 38.5 Å². The molecule has 0 aromatic rings. The minimum absolute atomic E-state index is 0.0221. The molecule has 3 aliphatic carbocycles. The van der Waals surface area contributed by atoms with Crippen LogP contribution in [0.15, 0.2) is 17.3 Å². The van der Waals surface area contributed by atoms with Crippen molar-refractivity contribution in [2.75, 3.05) is 27.2 Å². The molecule has 3 rings (SSSR count). The molecule has 0 radical (unpaired) electrons. The lowest BCUT2D eigenvalue weighted by Gasteiger charge is -2.51. The number of likely N-dealkylation sites (N-methyl/N-ethyl adjacent to an activating group) is 1. The minimum atomic E-state index is -0.471. The Kier molecular flexibility index (Phi) is 7.02. The van der Waals surface area contributed by atoms with Gasteiger partial charge in [0.05, 0.1) is 11.8 Å². The molecule has 0 aromatic heterocycles. The summed E-state index contributed by atoms with van der Waals surface area (Å²) in [6, 6.07) is 0. The van der Waals surface area contributed by atoms with Crippen molar-refractivity contribution in [1.82, 2.24) is 4.90 Å². The molecule has 0 amide bonds. The fourth-order valence-electron chi connectivity index (χ4n) is 5.97. The Labute approximate surface area is 166 Å². The summed E-state index contributed by atoms with van der Waals surface area (Å²) in [6.45, 7) is 3.81. The zero-order valence-corrected chi connectivity index (χ0v) is 17.7. The molecular weight excluding hydrogens is 336 g/mol. The van der Waals surface area contributed by atoms with Gasteiger partial charge in [-0.15, -0.1) is 0 Å². The maximum absolute atomic E-state index is 11.6. The molecule has 0 bridgehead atoms. The number of allylic oxidation sites excluding steroid dienone is 2. The predicted octanol–water partition coefficient (Wildman–Crippen LogP) is 4.63. The summed E-state index contributed by atoms with van der Waals surface area (Å²) in [4.78, 5) is 7.35. The summed E-state index contributed by atoms with van der Waals surface area (Å²) in [5.74, 6) is 2.06. The van der Waals surface area contributed by atoms with Crippen molar-refractivity contribution in [2.45, 2.75) is 76.7 Å². The number of aliphatic hydroxyl groups is 1. The number of rotatable bonds is 7. The third-order valence-corrected chi connectivity index (χ3v) is 7.90. The van der Waals surface area contributed by atoms with Crippen LogP contribution in [0.1, 0.15) is 71.1 Å². The van der Waals surface area contributed by atoms with Gasteiger partial charge in [0, 0.05) is 12.0 Å².